The van der Waals surface area contributed by atoms with E-state index in [2.05, 4.69) is 17.4 Å². The average Bonchev–Trinajstić information content (AvgIpc) is 3.04. The van der Waals surface area contributed by atoms with Crippen molar-refractivity contribution in [2.24, 2.45) is 17.8 Å². The molecule has 0 spiro atoms. The molecule has 2 amide bonds. The topological polar surface area (TPSA) is 86.8 Å². The summed E-state index contributed by atoms with van der Waals surface area (Å²) in [7, 11) is -3.89. The quantitative estimate of drug-likeness (QED) is 0.236. The fourth-order valence-electron chi connectivity index (χ4n) is 8.79. The summed E-state index contributed by atoms with van der Waals surface area (Å²) in [4.78, 5) is 29.3. The molecule has 0 unspecified atom stereocenters. The molecule has 1 atom stereocenters. The molecule has 0 saturated heterocycles. The third kappa shape index (κ3) is 7.40. The molecule has 47 heavy (non-hydrogen) atoms. The zero-order valence-corrected chi connectivity index (χ0v) is 28.2. The predicted octanol–water partition coefficient (Wildman–Crippen LogP) is 6.23. The minimum Gasteiger partial charge on any atom is -0.354 e. The molecule has 250 valence electrons. The van der Waals surface area contributed by atoms with Gasteiger partial charge in [0.25, 0.3) is 0 Å². The highest BCUT2D eigenvalue weighted by Crippen LogP contribution is 2.60. The highest BCUT2D eigenvalue weighted by Gasteiger charge is 2.51. The monoisotopic (exact) mass is 659 g/mol. The van der Waals surface area contributed by atoms with Crippen molar-refractivity contribution < 1.29 is 22.4 Å². The summed E-state index contributed by atoms with van der Waals surface area (Å²) < 4.78 is 42.6. The van der Waals surface area contributed by atoms with Gasteiger partial charge in [-0.15, -0.1) is 0 Å². The maximum absolute atomic E-state index is 15.0. The Kier molecular flexibility index (Phi) is 9.74. The molecule has 1 N–H and O–H groups in total. The number of benzene rings is 3. The van der Waals surface area contributed by atoms with E-state index in [1.54, 1.807) is 18.2 Å². The molecule has 4 bridgehead atoms. The Labute approximate surface area is 278 Å². The summed E-state index contributed by atoms with van der Waals surface area (Å²) in [5.74, 6) is 0.889. The van der Waals surface area contributed by atoms with E-state index in [0.717, 1.165) is 33.9 Å². The normalized spacial score (nSPS) is 23.7. The maximum Gasteiger partial charge on any atom is 0.244 e. The summed E-state index contributed by atoms with van der Waals surface area (Å²) in [5.41, 5.74) is 2.89. The van der Waals surface area contributed by atoms with Crippen molar-refractivity contribution in [2.45, 2.75) is 76.3 Å². The number of rotatable bonds is 13. The van der Waals surface area contributed by atoms with E-state index in [9.17, 15) is 22.4 Å². The number of anilines is 1. The predicted molar refractivity (Wildman–Crippen MR) is 183 cm³/mol. The van der Waals surface area contributed by atoms with E-state index < -0.39 is 34.3 Å². The molecule has 0 radical (unpaired) electrons. The van der Waals surface area contributed by atoms with Crippen LogP contribution in [-0.4, -0.2) is 50.5 Å². The molecule has 7 nitrogen and oxygen atoms in total. The summed E-state index contributed by atoms with van der Waals surface area (Å²) >= 11 is 0. The molecule has 7 rings (SSSR count). The van der Waals surface area contributed by atoms with E-state index in [1.165, 1.54) is 55.1 Å². The number of nitrogens with one attached hydrogen (secondary N) is 1. The van der Waals surface area contributed by atoms with Crippen LogP contribution in [0.15, 0.2) is 78.9 Å². The Balaban J connectivity index is 1.30. The van der Waals surface area contributed by atoms with Crippen LogP contribution in [0.2, 0.25) is 0 Å². The van der Waals surface area contributed by atoms with Crippen molar-refractivity contribution in [3.8, 4) is 0 Å². The number of carbonyl (C=O) groups excluding carboxylic acids is 2. The van der Waals surface area contributed by atoms with Crippen molar-refractivity contribution >= 4 is 27.5 Å². The number of carbonyl (C=O) groups is 2. The first-order valence-electron chi connectivity index (χ1n) is 17.0. The molecule has 0 aliphatic heterocycles. The first-order valence-corrected chi connectivity index (χ1v) is 18.8. The molecular weight excluding hydrogens is 614 g/mol. The largest absolute Gasteiger partial charge is 0.354 e. The number of sulfonamides is 1. The van der Waals surface area contributed by atoms with Crippen LogP contribution < -0.4 is 9.62 Å². The van der Waals surface area contributed by atoms with Gasteiger partial charge in [0.2, 0.25) is 21.8 Å². The van der Waals surface area contributed by atoms with Gasteiger partial charge >= 0.3 is 0 Å². The van der Waals surface area contributed by atoms with Crippen LogP contribution in [-0.2, 0) is 38.0 Å². The van der Waals surface area contributed by atoms with Crippen molar-refractivity contribution in [2.75, 3.05) is 23.7 Å². The molecule has 0 aromatic heterocycles. The lowest BCUT2D eigenvalue weighted by molar-refractivity contribution is -0.140. The van der Waals surface area contributed by atoms with Crippen molar-refractivity contribution in [3.05, 3.63) is 101 Å². The molecule has 4 saturated carbocycles. The maximum atomic E-state index is 15.0. The lowest BCUT2D eigenvalue weighted by atomic mass is 9.48. The molecule has 0 heterocycles. The first-order chi connectivity index (χ1) is 22.5. The molecular formula is C38H46FN3O4S. The highest BCUT2D eigenvalue weighted by atomic mass is 32.2. The van der Waals surface area contributed by atoms with Crippen molar-refractivity contribution in [1.82, 2.24) is 10.2 Å². The number of hydrogen-bond donors (Lipinski definition) is 1. The minimum atomic E-state index is -3.89. The van der Waals surface area contributed by atoms with E-state index in [-0.39, 0.29) is 29.9 Å². The standard InChI is InChI=1S/C38H46FN3O4S/c1-3-17-40-37(44)35(21-27-9-5-4-6-10-27)41(25-31-11-7-8-12-34(31)39)36(43)26-42(47(2,45)46)33-15-13-32(14-16-33)38-22-28-18-29(23-38)20-30(19-28)24-38/h4-16,28-30,35H,3,17-26H2,1-2H3,(H,40,44)/t28?,29?,30?,35-,38?/m0/s1. The van der Waals surface area contributed by atoms with Gasteiger partial charge in [-0.2, -0.15) is 0 Å². The number of hydrogen-bond acceptors (Lipinski definition) is 4. The first kappa shape index (κ1) is 33.2. The van der Waals surface area contributed by atoms with E-state index in [4.69, 9.17) is 0 Å². The fraction of sp³-hybridized carbons (Fsp3) is 0.474. The van der Waals surface area contributed by atoms with Gasteiger partial charge in [0.05, 0.1) is 11.9 Å². The van der Waals surface area contributed by atoms with E-state index in [1.807, 2.05) is 49.4 Å². The van der Waals surface area contributed by atoms with Crippen LogP contribution in [0, 0.1) is 23.6 Å². The van der Waals surface area contributed by atoms with Crippen molar-refractivity contribution in [1.29, 1.82) is 0 Å². The van der Waals surface area contributed by atoms with Crippen molar-refractivity contribution in [3.63, 3.8) is 0 Å². The number of amides is 2. The minimum absolute atomic E-state index is 0.159. The fourth-order valence-corrected chi connectivity index (χ4v) is 9.64. The van der Waals surface area contributed by atoms with Gasteiger partial charge in [-0.25, -0.2) is 12.8 Å². The molecule has 4 aliphatic carbocycles. The summed E-state index contributed by atoms with van der Waals surface area (Å²) in [6.07, 6.45) is 9.58. The summed E-state index contributed by atoms with van der Waals surface area (Å²) in [6, 6.07) is 22.2. The average molecular weight is 660 g/mol. The van der Waals surface area contributed by atoms with Crippen LogP contribution in [0.5, 0.6) is 0 Å². The van der Waals surface area contributed by atoms with Gasteiger partial charge in [0, 0.05) is 25.1 Å². The Bertz CT molecular complexity index is 1640. The third-order valence-corrected chi connectivity index (χ3v) is 11.7. The SMILES string of the molecule is CCCNC(=O)[C@H](Cc1ccccc1)N(Cc1ccccc1F)C(=O)CN(c1ccc(C23CC4CC(CC(C4)C2)C3)cc1)S(C)(=O)=O. The van der Waals surface area contributed by atoms with E-state index in [0.29, 0.717) is 18.7 Å². The molecule has 4 fully saturated rings. The number of nitrogens with zero attached hydrogens (tertiary/aromatic N) is 2. The third-order valence-electron chi connectivity index (χ3n) is 10.6. The Hall–Kier alpha value is -3.72. The van der Waals surface area contributed by atoms with E-state index >= 15 is 0 Å². The van der Waals surface area contributed by atoms with Gasteiger partial charge in [-0.1, -0.05) is 67.6 Å². The van der Waals surface area contributed by atoms with Gasteiger partial charge < -0.3 is 10.2 Å². The van der Waals surface area contributed by atoms with Crippen LogP contribution in [0.1, 0.15) is 68.6 Å². The van der Waals surface area contributed by atoms with Crippen LogP contribution >= 0.6 is 0 Å². The molecule has 4 aliphatic rings. The van der Waals surface area contributed by atoms with Gasteiger partial charge in [0.15, 0.2) is 0 Å². The lowest BCUT2D eigenvalue weighted by Gasteiger charge is -2.57. The zero-order valence-electron chi connectivity index (χ0n) is 27.4. The second-order valence-electron chi connectivity index (χ2n) is 14.1. The zero-order chi connectivity index (χ0) is 33.2. The van der Waals surface area contributed by atoms with Crippen LogP contribution in [0.3, 0.4) is 0 Å². The van der Waals surface area contributed by atoms with Gasteiger partial charge in [0.1, 0.15) is 18.4 Å². The van der Waals surface area contributed by atoms with Crippen LogP contribution in [0.4, 0.5) is 10.1 Å². The van der Waals surface area contributed by atoms with Crippen LogP contribution in [0.25, 0.3) is 0 Å². The highest BCUT2D eigenvalue weighted by molar-refractivity contribution is 7.92. The van der Waals surface area contributed by atoms with Gasteiger partial charge in [-0.05, 0) is 97.4 Å². The number of halogens is 1. The second kappa shape index (κ2) is 13.8. The second-order valence-corrected chi connectivity index (χ2v) is 16.0. The Morgan fingerprint density at radius 1 is 0.894 bits per heavy atom. The molecule has 3 aromatic rings. The lowest BCUT2D eigenvalue weighted by Crippen LogP contribution is -2.53. The smallest absolute Gasteiger partial charge is 0.244 e. The van der Waals surface area contributed by atoms with Gasteiger partial charge in [-0.3, -0.25) is 13.9 Å². The Morgan fingerprint density at radius 2 is 1.49 bits per heavy atom. The summed E-state index contributed by atoms with van der Waals surface area (Å²) in [6.45, 7) is 1.64. The molecule has 9 heteroatoms. The molecule has 3 aromatic carbocycles. The summed E-state index contributed by atoms with van der Waals surface area (Å²) in [5, 5.41) is 2.91. The Morgan fingerprint density at radius 3 is 2.06 bits per heavy atom.